The van der Waals surface area contributed by atoms with E-state index in [4.69, 9.17) is 9.47 Å². The second kappa shape index (κ2) is 6.91. The van der Waals surface area contributed by atoms with Crippen molar-refractivity contribution in [3.8, 4) is 11.5 Å². The lowest BCUT2D eigenvalue weighted by Crippen LogP contribution is -2.40. The van der Waals surface area contributed by atoms with Crippen LogP contribution in [0, 0.1) is 0 Å². The normalized spacial score (nSPS) is 15.8. The first kappa shape index (κ1) is 15.7. The summed E-state index contributed by atoms with van der Waals surface area (Å²) in [6, 6.07) is 13.0. The third-order valence-electron chi connectivity index (χ3n) is 3.41. The molecule has 0 aromatic heterocycles. The van der Waals surface area contributed by atoms with Gasteiger partial charge >= 0.3 is 0 Å². The molecule has 2 aromatic carbocycles. The Morgan fingerprint density at radius 3 is 2.78 bits per heavy atom. The van der Waals surface area contributed by atoms with Crippen LogP contribution in [0.2, 0.25) is 0 Å². The van der Waals surface area contributed by atoms with Crippen molar-refractivity contribution < 1.29 is 14.3 Å². The minimum atomic E-state index is -0.678. The number of hydrogen-bond donors (Lipinski definition) is 2. The second-order valence-corrected chi connectivity index (χ2v) is 5.99. The van der Waals surface area contributed by atoms with Crippen LogP contribution in [0.3, 0.4) is 0 Å². The van der Waals surface area contributed by atoms with Crippen LogP contribution in [0.5, 0.6) is 11.5 Å². The number of anilines is 2. The summed E-state index contributed by atoms with van der Waals surface area (Å²) in [4.78, 5) is 12.5. The minimum absolute atomic E-state index is 0.190. The van der Waals surface area contributed by atoms with Gasteiger partial charge < -0.3 is 20.1 Å². The van der Waals surface area contributed by atoms with Gasteiger partial charge in [0.2, 0.25) is 6.10 Å². The molecule has 0 fully saturated rings. The molecular formula is C17H17BrN2O3. The summed E-state index contributed by atoms with van der Waals surface area (Å²) in [6.45, 7) is 2.95. The molecule has 23 heavy (non-hydrogen) atoms. The van der Waals surface area contributed by atoms with E-state index in [2.05, 4.69) is 26.6 Å². The summed E-state index contributed by atoms with van der Waals surface area (Å²) >= 11 is 3.43. The van der Waals surface area contributed by atoms with Gasteiger partial charge in [-0.2, -0.15) is 0 Å². The maximum atomic E-state index is 12.5. The Kier molecular flexibility index (Phi) is 4.71. The number of ether oxygens (including phenoxy) is 2. The summed E-state index contributed by atoms with van der Waals surface area (Å²) < 4.78 is 12.2. The van der Waals surface area contributed by atoms with Crippen LogP contribution in [0.15, 0.2) is 46.9 Å². The van der Waals surface area contributed by atoms with E-state index in [0.717, 1.165) is 16.7 Å². The van der Waals surface area contributed by atoms with Gasteiger partial charge in [0.15, 0.2) is 11.5 Å². The largest absolute Gasteiger partial charge is 0.485 e. The summed E-state index contributed by atoms with van der Waals surface area (Å²) in [5.41, 5.74) is 1.56. The van der Waals surface area contributed by atoms with Crippen LogP contribution >= 0.6 is 15.9 Å². The van der Waals surface area contributed by atoms with Gasteiger partial charge in [-0.3, -0.25) is 4.79 Å². The zero-order chi connectivity index (χ0) is 16.2. The predicted molar refractivity (Wildman–Crippen MR) is 93.3 cm³/mol. The standard InChI is InChI=1S/C17H17BrN2O3/c1-2-19-13-9-11(18)7-8-12(13)20-17(21)16-10-22-14-5-3-4-6-15(14)23-16/h3-9,16,19H,2,10H2,1H3,(H,20,21). The molecule has 1 heterocycles. The molecule has 120 valence electrons. The molecule has 1 atom stereocenters. The highest BCUT2D eigenvalue weighted by molar-refractivity contribution is 9.10. The number of carbonyl (C=O) groups is 1. The number of nitrogens with one attached hydrogen (secondary N) is 2. The highest BCUT2D eigenvalue weighted by Gasteiger charge is 2.27. The number of rotatable bonds is 4. The van der Waals surface area contributed by atoms with Crippen LogP contribution in [0.1, 0.15) is 6.92 Å². The molecule has 0 spiro atoms. The van der Waals surface area contributed by atoms with E-state index in [9.17, 15) is 4.79 Å². The van der Waals surface area contributed by atoms with Crippen LogP contribution < -0.4 is 20.1 Å². The fourth-order valence-electron chi connectivity index (χ4n) is 2.32. The molecule has 5 nitrogen and oxygen atoms in total. The molecule has 0 saturated heterocycles. The topological polar surface area (TPSA) is 59.6 Å². The number of carbonyl (C=O) groups excluding carboxylic acids is 1. The van der Waals surface area contributed by atoms with E-state index in [1.807, 2.05) is 43.3 Å². The van der Waals surface area contributed by atoms with Gasteiger partial charge in [0, 0.05) is 11.0 Å². The van der Waals surface area contributed by atoms with E-state index in [1.165, 1.54) is 0 Å². The van der Waals surface area contributed by atoms with Gasteiger partial charge in [0.05, 0.1) is 11.4 Å². The maximum Gasteiger partial charge on any atom is 0.269 e. The Bertz CT molecular complexity index is 721. The number of amides is 1. The average Bonchev–Trinajstić information content (AvgIpc) is 2.57. The zero-order valence-corrected chi connectivity index (χ0v) is 14.2. The van der Waals surface area contributed by atoms with Crippen molar-refractivity contribution in [3.63, 3.8) is 0 Å². The molecule has 3 rings (SSSR count). The maximum absolute atomic E-state index is 12.5. The molecular weight excluding hydrogens is 360 g/mol. The third kappa shape index (κ3) is 3.59. The van der Waals surface area contributed by atoms with Crippen LogP contribution in [-0.2, 0) is 4.79 Å². The van der Waals surface area contributed by atoms with Crippen molar-refractivity contribution in [1.29, 1.82) is 0 Å². The van der Waals surface area contributed by atoms with Crippen LogP contribution in [0.25, 0.3) is 0 Å². The summed E-state index contributed by atoms with van der Waals surface area (Å²) in [5.74, 6) is 1.01. The smallest absolute Gasteiger partial charge is 0.269 e. The highest BCUT2D eigenvalue weighted by Crippen LogP contribution is 2.32. The van der Waals surface area contributed by atoms with Gasteiger partial charge in [-0.15, -0.1) is 0 Å². The SMILES string of the molecule is CCNc1cc(Br)ccc1NC(=O)C1COc2ccccc2O1. The quantitative estimate of drug-likeness (QED) is 0.854. The fraction of sp³-hybridized carbons (Fsp3) is 0.235. The Labute approximate surface area is 143 Å². The minimum Gasteiger partial charge on any atom is -0.485 e. The molecule has 0 saturated carbocycles. The lowest BCUT2D eigenvalue weighted by atomic mass is 10.2. The summed E-state index contributed by atoms with van der Waals surface area (Å²) in [6.07, 6.45) is -0.678. The lowest BCUT2D eigenvalue weighted by Gasteiger charge is -2.26. The number of halogens is 1. The van der Waals surface area contributed by atoms with Crippen molar-refractivity contribution in [2.45, 2.75) is 13.0 Å². The van der Waals surface area contributed by atoms with Crippen LogP contribution in [0.4, 0.5) is 11.4 Å². The molecule has 1 aliphatic rings. The molecule has 2 aromatic rings. The Morgan fingerprint density at radius 2 is 2.00 bits per heavy atom. The molecule has 1 amide bonds. The first-order valence-electron chi connectivity index (χ1n) is 7.40. The van der Waals surface area contributed by atoms with Gasteiger partial charge in [0.1, 0.15) is 6.61 Å². The molecule has 1 aliphatic heterocycles. The first-order chi connectivity index (χ1) is 11.2. The monoisotopic (exact) mass is 376 g/mol. The van der Waals surface area contributed by atoms with Gasteiger partial charge in [-0.05, 0) is 37.3 Å². The zero-order valence-electron chi connectivity index (χ0n) is 12.6. The number of fused-ring (bicyclic) bond motifs is 1. The van der Waals surface area contributed by atoms with Crippen molar-refractivity contribution in [3.05, 3.63) is 46.9 Å². The van der Waals surface area contributed by atoms with Crippen molar-refractivity contribution in [2.24, 2.45) is 0 Å². The molecule has 0 radical (unpaired) electrons. The molecule has 1 unspecified atom stereocenters. The third-order valence-corrected chi connectivity index (χ3v) is 3.90. The Balaban J connectivity index is 1.73. The van der Waals surface area contributed by atoms with E-state index in [-0.39, 0.29) is 12.5 Å². The Morgan fingerprint density at radius 1 is 1.22 bits per heavy atom. The van der Waals surface area contributed by atoms with E-state index in [0.29, 0.717) is 17.2 Å². The van der Waals surface area contributed by atoms with Crippen LogP contribution in [-0.4, -0.2) is 25.2 Å². The molecule has 0 bridgehead atoms. The molecule has 6 heteroatoms. The molecule has 0 aliphatic carbocycles. The Hall–Kier alpha value is -2.21. The van der Waals surface area contributed by atoms with E-state index < -0.39 is 6.10 Å². The molecule has 2 N–H and O–H groups in total. The van der Waals surface area contributed by atoms with Gasteiger partial charge in [0.25, 0.3) is 5.91 Å². The lowest BCUT2D eigenvalue weighted by molar-refractivity contribution is -0.125. The number of benzene rings is 2. The fourth-order valence-corrected chi connectivity index (χ4v) is 2.69. The summed E-state index contributed by atoms with van der Waals surface area (Å²) in [5, 5.41) is 6.12. The van der Waals surface area contributed by atoms with Gasteiger partial charge in [-0.1, -0.05) is 28.1 Å². The summed E-state index contributed by atoms with van der Waals surface area (Å²) in [7, 11) is 0. The second-order valence-electron chi connectivity index (χ2n) is 5.07. The highest BCUT2D eigenvalue weighted by atomic mass is 79.9. The van der Waals surface area contributed by atoms with E-state index in [1.54, 1.807) is 6.07 Å². The number of para-hydroxylation sites is 2. The average molecular weight is 377 g/mol. The van der Waals surface area contributed by atoms with Crippen molar-refractivity contribution in [1.82, 2.24) is 0 Å². The van der Waals surface area contributed by atoms with E-state index >= 15 is 0 Å². The predicted octanol–water partition coefficient (Wildman–Crippen LogP) is 3.66. The first-order valence-corrected chi connectivity index (χ1v) is 8.19. The van der Waals surface area contributed by atoms with Crippen molar-refractivity contribution in [2.75, 3.05) is 23.8 Å². The van der Waals surface area contributed by atoms with Gasteiger partial charge in [-0.25, -0.2) is 0 Å². The van der Waals surface area contributed by atoms with Crippen molar-refractivity contribution >= 4 is 33.2 Å². The number of hydrogen-bond acceptors (Lipinski definition) is 4.